The van der Waals surface area contributed by atoms with Crippen LogP contribution in [0.4, 0.5) is 0 Å². The van der Waals surface area contributed by atoms with Gasteiger partial charge in [0.2, 0.25) is 0 Å². The van der Waals surface area contributed by atoms with Crippen LogP contribution in [0.25, 0.3) is 28.0 Å². The zero-order chi connectivity index (χ0) is 18.4. The van der Waals surface area contributed by atoms with Gasteiger partial charge in [0.15, 0.2) is 0 Å². The molecule has 3 heterocycles. The summed E-state index contributed by atoms with van der Waals surface area (Å²) in [7, 11) is 0. The number of ether oxygens (including phenoxy) is 1. The van der Waals surface area contributed by atoms with Gasteiger partial charge in [-0.3, -0.25) is 0 Å². The Morgan fingerprint density at radius 2 is 1.70 bits per heavy atom. The zero-order valence-electron chi connectivity index (χ0n) is 14.5. The standard InChI is InChI=1S/C22H17ClN2O2/c23-19-7-4-15(5-8-19)20-12-25-11-17(6-9-21(25)24-20)16-2-1-3-18(10-16)22(26)13-27-14-22/h1-12,26H,13-14H2. The van der Waals surface area contributed by atoms with Crippen LogP contribution in [-0.2, 0) is 10.3 Å². The summed E-state index contributed by atoms with van der Waals surface area (Å²) in [5, 5.41) is 11.2. The van der Waals surface area contributed by atoms with Crippen molar-refractivity contribution in [3.8, 4) is 22.4 Å². The van der Waals surface area contributed by atoms with Gasteiger partial charge < -0.3 is 14.2 Å². The van der Waals surface area contributed by atoms with Gasteiger partial charge in [-0.15, -0.1) is 0 Å². The van der Waals surface area contributed by atoms with E-state index in [4.69, 9.17) is 16.3 Å². The van der Waals surface area contributed by atoms with Crippen molar-refractivity contribution in [1.29, 1.82) is 0 Å². The molecule has 0 amide bonds. The number of rotatable bonds is 3. The predicted molar refractivity (Wildman–Crippen MR) is 106 cm³/mol. The van der Waals surface area contributed by atoms with E-state index in [-0.39, 0.29) is 0 Å². The maximum Gasteiger partial charge on any atom is 0.137 e. The lowest BCUT2D eigenvalue weighted by Crippen LogP contribution is -2.46. The lowest BCUT2D eigenvalue weighted by Gasteiger charge is -2.36. The number of benzene rings is 2. The van der Waals surface area contributed by atoms with E-state index in [1.165, 1.54) is 0 Å². The fourth-order valence-corrected chi connectivity index (χ4v) is 3.50. The van der Waals surface area contributed by atoms with Crippen LogP contribution < -0.4 is 0 Å². The van der Waals surface area contributed by atoms with Gasteiger partial charge in [-0.1, -0.05) is 41.9 Å². The van der Waals surface area contributed by atoms with Crippen LogP contribution in [-0.4, -0.2) is 27.7 Å². The first-order chi connectivity index (χ1) is 13.1. The summed E-state index contributed by atoms with van der Waals surface area (Å²) in [5.74, 6) is 0. The molecule has 0 bridgehead atoms. The fourth-order valence-electron chi connectivity index (χ4n) is 3.37. The van der Waals surface area contributed by atoms with E-state index in [1.807, 2.05) is 65.2 Å². The molecule has 2 aromatic heterocycles. The summed E-state index contributed by atoms with van der Waals surface area (Å²) >= 11 is 5.97. The highest BCUT2D eigenvalue weighted by Gasteiger charge is 2.37. The van der Waals surface area contributed by atoms with Gasteiger partial charge in [-0.05, 0) is 47.0 Å². The molecule has 4 nitrogen and oxygen atoms in total. The number of hydrogen-bond acceptors (Lipinski definition) is 3. The van der Waals surface area contributed by atoms with E-state index in [2.05, 4.69) is 17.2 Å². The van der Waals surface area contributed by atoms with Gasteiger partial charge in [0, 0.05) is 23.0 Å². The number of aromatic nitrogens is 2. The van der Waals surface area contributed by atoms with Gasteiger partial charge in [0.25, 0.3) is 0 Å². The summed E-state index contributed by atoms with van der Waals surface area (Å²) < 4.78 is 7.20. The highest BCUT2D eigenvalue weighted by atomic mass is 35.5. The first kappa shape index (κ1) is 16.5. The SMILES string of the molecule is OC1(c2cccc(-c3ccc4nc(-c5ccc(Cl)cc5)cn4c3)c2)COC1. The minimum Gasteiger partial charge on any atom is -0.380 e. The molecule has 0 aliphatic carbocycles. The molecule has 0 saturated carbocycles. The van der Waals surface area contributed by atoms with Crippen LogP contribution in [0.5, 0.6) is 0 Å². The van der Waals surface area contributed by atoms with E-state index < -0.39 is 5.60 Å². The van der Waals surface area contributed by atoms with Crippen LogP contribution in [0.2, 0.25) is 5.02 Å². The van der Waals surface area contributed by atoms with Crippen molar-refractivity contribution < 1.29 is 9.84 Å². The molecule has 1 aliphatic heterocycles. The van der Waals surface area contributed by atoms with Crippen molar-refractivity contribution in [2.24, 2.45) is 0 Å². The molecule has 134 valence electrons. The average Bonchev–Trinajstić information content (AvgIpc) is 3.10. The third-order valence-corrected chi connectivity index (χ3v) is 5.26. The van der Waals surface area contributed by atoms with Gasteiger partial charge in [-0.2, -0.15) is 0 Å². The van der Waals surface area contributed by atoms with Crippen molar-refractivity contribution in [3.63, 3.8) is 0 Å². The molecule has 0 radical (unpaired) electrons. The molecule has 0 spiro atoms. The molecule has 0 atom stereocenters. The number of pyridine rings is 1. The van der Waals surface area contributed by atoms with Gasteiger partial charge in [0.1, 0.15) is 11.2 Å². The fraction of sp³-hybridized carbons (Fsp3) is 0.136. The third-order valence-electron chi connectivity index (χ3n) is 5.01. The van der Waals surface area contributed by atoms with E-state index in [0.717, 1.165) is 33.6 Å². The van der Waals surface area contributed by atoms with Gasteiger partial charge in [0.05, 0.1) is 18.9 Å². The Morgan fingerprint density at radius 1 is 0.926 bits per heavy atom. The molecule has 1 fully saturated rings. The summed E-state index contributed by atoms with van der Waals surface area (Å²) in [5.41, 5.74) is 4.95. The Labute approximate surface area is 161 Å². The Kier molecular flexibility index (Phi) is 3.79. The van der Waals surface area contributed by atoms with Crippen LogP contribution in [0.15, 0.2) is 73.1 Å². The Bertz CT molecular complexity index is 1130. The first-order valence-electron chi connectivity index (χ1n) is 8.77. The topological polar surface area (TPSA) is 46.8 Å². The molecule has 27 heavy (non-hydrogen) atoms. The van der Waals surface area contributed by atoms with Crippen LogP contribution in [0.1, 0.15) is 5.56 Å². The highest BCUT2D eigenvalue weighted by Crippen LogP contribution is 2.32. The monoisotopic (exact) mass is 376 g/mol. The molecule has 5 rings (SSSR count). The minimum atomic E-state index is -0.864. The minimum absolute atomic E-state index is 0.349. The molecular weight excluding hydrogens is 360 g/mol. The van der Waals surface area contributed by atoms with Crippen molar-refractivity contribution in [1.82, 2.24) is 9.38 Å². The number of imidazole rings is 1. The average molecular weight is 377 g/mol. The number of aliphatic hydroxyl groups is 1. The van der Waals surface area contributed by atoms with E-state index in [0.29, 0.717) is 18.2 Å². The first-order valence-corrected chi connectivity index (χ1v) is 9.14. The van der Waals surface area contributed by atoms with Crippen LogP contribution in [0.3, 0.4) is 0 Å². The molecule has 1 aliphatic rings. The van der Waals surface area contributed by atoms with Crippen LogP contribution >= 0.6 is 11.6 Å². The van der Waals surface area contributed by atoms with E-state index >= 15 is 0 Å². The maximum atomic E-state index is 10.5. The molecule has 2 aromatic carbocycles. The Balaban J connectivity index is 1.53. The molecular formula is C22H17ClN2O2. The number of hydrogen-bond donors (Lipinski definition) is 1. The second kappa shape index (κ2) is 6.20. The second-order valence-electron chi connectivity index (χ2n) is 6.92. The van der Waals surface area contributed by atoms with Crippen molar-refractivity contribution in [2.45, 2.75) is 5.60 Å². The lowest BCUT2D eigenvalue weighted by molar-refractivity contribution is -0.184. The number of halogens is 1. The maximum absolute atomic E-state index is 10.5. The predicted octanol–water partition coefficient (Wildman–Crippen LogP) is 4.54. The molecule has 1 saturated heterocycles. The van der Waals surface area contributed by atoms with Crippen molar-refractivity contribution >= 4 is 17.2 Å². The Morgan fingerprint density at radius 3 is 2.44 bits per heavy atom. The molecule has 1 N–H and O–H groups in total. The van der Waals surface area contributed by atoms with Gasteiger partial charge in [-0.25, -0.2) is 4.98 Å². The number of fused-ring (bicyclic) bond motifs is 1. The zero-order valence-corrected chi connectivity index (χ0v) is 15.2. The Hall–Kier alpha value is -2.66. The molecule has 0 unspecified atom stereocenters. The van der Waals surface area contributed by atoms with Gasteiger partial charge >= 0.3 is 0 Å². The second-order valence-corrected chi connectivity index (χ2v) is 7.36. The summed E-state index contributed by atoms with van der Waals surface area (Å²) in [6, 6.07) is 19.7. The van der Waals surface area contributed by atoms with Crippen molar-refractivity contribution in [2.75, 3.05) is 13.2 Å². The largest absolute Gasteiger partial charge is 0.380 e. The normalized spacial score (nSPS) is 15.6. The lowest BCUT2D eigenvalue weighted by atomic mass is 9.90. The highest BCUT2D eigenvalue weighted by molar-refractivity contribution is 6.30. The molecule has 5 heteroatoms. The molecule has 4 aromatic rings. The number of nitrogens with zero attached hydrogens (tertiary/aromatic N) is 2. The van der Waals surface area contributed by atoms with E-state index in [9.17, 15) is 5.11 Å². The van der Waals surface area contributed by atoms with Crippen LogP contribution in [0, 0.1) is 0 Å². The smallest absolute Gasteiger partial charge is 0.137 e. The quantitative estimate of drug-likeness (QED) is 0.571. The summed E-state index contributed by atoms with van der Waals surface area (Å²) in [6.07, 6.45) is 4.07. The van der Waals surface area contributed by atoms with Crippen molar-refractivity contribution in [3.05, 3.63) is 83.6 Å². The van der Waals surface area contributed by atoms with E-state index in [1.54, 1.807) is 0 Å². The summed E-state index contributed by atoms with van der Waals surface area (Å²) in [6.45, 7) is 0.697. The summed E-state index contributed by atoms with van der Waals surface area (Å²) in [4.78, 5) is 4.69. The third kappa shape index (κ3) is 2.92.